The number of carbonyl (C=O) groups is 1. The van der Waals surface area contributed by atoms with Gasteiger partial charge in [0.25, 0.3) is 5.56 Å². The van der Waals surface area contributed by atoms with Crippen LogP contribution >= 0.6 is 12.4 Å². The van der Waals surface area contributed by atoms with E-state index in [1.165, 1.54) is 10.6 Å². The summed E-state index contributed by atoms with van der Waals surface area (Å²) in [5.41, 5.74) is 0.0295. The van der Waals surface area contributed by atoms with Crippen molar-refractivity contribution in [3.05, 3.63) is 33.9 Å². The molecule has 25 heavy (non-hydrogen) atoms. The van der Waals surface area contributed by atoms with Crippen LogP contribution < -0.4 is 10.9 Å². The lowest BCUT2D eigenvalue weighted by Gasteiger charge is -2.23. The molecule has 0 radical (unpaired) electrons. The third-order valence-corrected chi connectivity index (χ3v) is 3.88. The number of hydrogen-bond donors (Lipinski definition) is 2. The second kappa shape index (κ2) is 7.44. The first-order valence-corrected chi connectivity index (χ1v) is 7.41. The Morgan fingerprint density at radius 1 is 1.36 bits per heavy atom. The van der Waals surface area contributed by atoms with Crippen LogP contribution in [0.2, 0.25) is 0 Å². The number of carbonyl (C=O) groups excluding carboxylic acids is 1. The van der Waals surface area contributed by atoms with Gasteiger partial charge < -0.3 is 15.0 Å². The number of hydrogen-bond acceptors (Lipinski definition) is 5. The number of aromatic amines is 1. The minimum absolute atomic E-state index is 0. The molecule has 0 spiro atoms. The zero-order valence-electron chi connectivity index (χ0n) is 12.9. The van der Waals surface area contributed by atoms with Gasteiger partial charge in [0.05, 0.1) is 11.9 Å². The lowest BCUT2D eigenvalue weighted by Crippen LogP contribution is -2.28. The maximum absolute atomic E-state index is 12.2. The van der Waals surface area contributed by atoms with Crippen molar-refractivity contribution in [2.24, 2.45) is 0 Å². The molecule has 0 aromatic carbocycles. The molecule has 138 valence electrons. The van der Waals surface area contributed by atoms with Crippen molar-refractivity contribution >= 4 is 24.0 Å². The monoisotopic (exact) mass is 380 g/mol. The molecule has 1 saturated heterocycles. The molecular formula is C14H16ClF3N4O3. The number of nitrogens with zero attached hydrogens (tertiary/aromatic N) is 2. The molecule has 11 heteroatoms. The van der Waals surface area contributed by atoms with Gasteiger partial charge in [-0.1, -0.05) is 0 Å². The fourth-order valence-electron chi connectivity index (χ4n) is 2.80. The van der Waals surface area contributed by atoms with Crippen molar-refractivity contribution in [1.29, 1.82) is 0 Å². The van der Waals surface area contributed by atoms with Crippen LogP contribution in [0.4, 0.5) is 13.2 Å². The average molecular weight is 381 g/mol. The number of rotatable bonds is 3. The van der Waals surface area contributed by atoms with Gasteiger partial charge >= 0.3 is 12.1 Å². The highest BCUT2D eigenvalue weighted by atomic mass is 35.5. The third kappa shape index (κ3) is 4.31. The molecule has 0 aliphatic carbocycles. The van der Waals surface area contributed by atoms with Gasteiger partial charge in [0.1, 0.15) is 5.56 Å². The largest absolute Gasteiger partial charge is 0.452 e. The highest BCUT2D eigenvalue weighted by Gasteiger charge is 2.31. The van der Waals surface area contributed by atoms with Crippen LogP contribution in [0.1, 0.15) is 34.8 Å². The van der Waals surface area contributed by atoms with Crippen LogP contribution in [0, 0.1) is 0 Å². The Hall–Kier alpha value is -2.07. The lowest BCUT2D eigenvalue weighted by molar-refractivity contribution is -0.161. The van der Waals surface area contributed by atoms with E-state index in [2.05, 4.69) is 20.1 Å². The molecule has 7 nitrogen and oxygen atoms in total. The van der Waals surface area contributed by atoms with Crippen molar-refractivity contribution < 1.29 is 22.7 Å². The summed E-state index contributed by atoms with van der Waals surface area (Å²) in [7, 11) is 0. The van der Waals surface area contributed by atoms with Gasteiger partial charge in [0.2, 0.25) is 0 Å². The maximum atomic E-state index is 12.2. The van der Waals surface area contributed by atoms with E-state index < -0.39 is 24.3 Å². The number of fused-ring (bicyclic) bond motifs is 1. The summed E-state index contributed by atoms with van der Waals surface area (Å²) in [6.45, 7) is -0.108. The van der Waals surface area contributed by atoms with E-state index in [0.717, 1.165) is 32.1 Å². The quantitative estimate of drug-likeness (QED) is 0.790. The number of piperidine rings is 1. The molecule has 1 fully saturated rings. The highest BCUT2D eigenvalue weighted by Crippen LogP contribution is 2.25. The first-order valence-electron chi connectivity index (χ1n) is 7.41. The van der Waals surface area contributed by atoms with E-state index in [0.29, 0.717) is 5.69 Å². The van der Waals surface area contributed by atoms with E-state index in [1.807, 2.05) is 0 Å². The SMILES string of the molecule is Cl.O=C(OCC(F)(F)F)c1cnn2c(C3CCNCC3)cc(=O)[nH]c12. The smallest absolute Gasteiger partial charge is 0.422 e. The van der Waals surface area contributed by atoms with Crippen molar-refractivity contribution in [3.63, 3.8) is 0 Å². The summed E-state index contributed by atoms with van der Waals surface area (Å²) in [6, 6.07) is 1.40. The van der Waals surface area contributed by atoms with E-state index >= 15 is 0 Å². The van der Waals surface area contributed by atoms with Gasteiger partial charge in [-0.15, -0.1) is 12.4 Å². The molecule has 2 aromatic rings. The molecule has 0 bridgehead atoms. The van der Waals surface area contributed by atoms with E-state index in [9.17, 15) is 22.8 Å². The zero-order chi connectivity index (χ0) is 17.3. The topological polar surface area (TPSA) is 88.5 Å². The molecule has 3 rings (SSSR count). The minimum Gasteiger partial charge on any atom is -0.452 e. The number of aromatic nitrogens is 3. The Balaban J connectivity index is 0.00000225. The van der Waals surface area contributed by atoms with Gasteiger partial charge in [-0.05, 0) is 25.9 Å². The van der Waals surface area contributed by atoms with Crippen LogP contribution in [0.15, 0.2) is 17.1 Å². The Kier molecular flexibility index (Phi) is 5.73. The fourth-order valence-corrected chi connectivity index (χ4v) is 2.80. The zero-order valence-corrected chi connectivity index (χ0v) is 13.7. The predicted octanol–water partition coefficient (Wildman–Crippen LogP) is 1.63. The standard InChI is InChI=1S/C14H15F3N4O3.ClH/c15-14(16,17)7-24-13(23)9-6-19-21-10(5-11(22)20-12(9)21)8-1-3-18-4-2-8;/h5-6,8,18H,1-4,7H2,(H,20,22);1H. The number of halogens is 4. The number of alkyl halides is 3. The van der Waals surface area contributed by atoms with Gasteiger partial charge in [-0.25, -0.2) is 9.31 Å². The van der Waals surface area contributed by atoms with Crippen LogP contribution in [-0.4, -0.2) is 46.4 Å². The van der Waals surface area contributed by atoms with Crippen molar-refractivity contribution in [2.75, 3.05) is 19.7 Å². The lowest BCUT2D eigenvalue weighted by atomic mass is 9.94. The molecule has 3 heterocycles. The van der Waals surface area contributed by atoms with Crippen LogP contribution in [-0.2, 0) is 4.74 Å². The summed E-state index contributed by atoms with van der Waals surface area (Å²) in [5.74, 6) is -1.10. The Morgan fingerprint density at radius 3 is 2.68 bits per heavy atom. The number of nitrogens with one attached hydrogen (secondary N) is 2. The Morgan fingerprint density at radius 2 is 2.04 bits per heavy atom. The summed E-state index contributed by atoms with van der Waals surface area (Å²) < 4.78 is 42.2. The van der Waals surface area contributed by atoms with Crippen molar-refractivity contribution in [1.82, 2.24) is 19.9 Å². The normalized spacial score (nSPS) is 15.8. The second-order valence-electron chi connectivity index (χ2n) is 5.59. The van der Waals surface area contributed by atoms with Gasteiger partial charge in [0, 0.05) is 12.0 Å². The third-order valence-electron chi connectivity index (χ3n) is 3.88. The maximum Gasteiger partial charge on any atom is 0.422 e. The molecule has 0 amide bonds. The first kappa shape index (κ1) is 19.3. The molecule has 0 saturated carbocycles. The number of esters is 1. The average Bonchev–Trinajstić information content (AvgIpc) is 2.95. The van der Waals surface area contributed by atoms with Crippen LogP contribution in [0.3, 0.4) is 0 Å². The van der Waals surface area contributed by atoms with E-state index in [4.69, 9.17) is 0 Å². The Bertz CT molecular complexity index is 812. The molecule has 1 aliphatic heterocycles. The molecule has 0 unspecified atom stereocenters. The van der Waals surface area contributed by atoms with Crippen molar-refractivity contribution in [2.45, 2.75) is 24.9 Å². The summed E-state index contributed by atoms with van der Waals surface area (Å²) in [6.07, 6.45) is -1.92. The van der Waals surface area contributed by atoms with E-state index in [1.54, 1.807) is 0 Å². The molecule has 0 atom stereocenters. The number of H-pyrrole nitrogens is 1. The second-order valence-corrected chi connectivity index (χ2v) is 5.59. The van der Waals surface area contributed by atoms with Crippen LogP contribution in [0.5, 0.6) is 0 Å². The first-order chi connectivity index (χ1) is 11.3. The van der Waals surface area contributed by atoms with Gasteiger partial charge in [-0.2, -0.15) is 18.3 Å². The summed E-state index contributed by atoms with van der Waals surface area (Å²) >= 11 is 0. The summed E-state index contributed by atoms with van der Waals surface area (Å²) in [4.78, 5) is 26.2. The van der Waals surface area contributed by atoms with Crippen molar-refractivity contribution in [3.8, 4) is 0 Å². The molecule has 1 aliphatic rings. The Labute approximate surface area is 146 Å². The molecule has 2 aromatic heterocycles. The number of ether oxygens (including phenoxy) is 1. The highest BCUT2D eigenvalue weighted by molar-refractivity contribution is 5.95. The van der Waals surface area contributed by atoms with Gasteiger partial charge in [0.15, 0.2) is 12.3 Å². The summed E-state index contributed by atoms with van der Waals surface area (Å²) in [5, 5.41) is 7.25. The molecule has 2 N–H and O–H groups in total. The molecular weight excluding hydrogens is 365 g/mol. The minimum atomic E-state index is -4.62. The fraction of sp³-hybridized carbons (Fsp3) is 0.500. The predicted molar refractivity (Wildman–Crippen MR) is 84.2 cm³/mol. The van der Waals surface area contributed by atoms with E-state index in [-0.39, 0.29) is 29.5 Å². The van der Waals surface area contributed by atoms with Crippen LogP contribution in [0.25, 0.3) is 5.65 Å². The van der Waals surface area contributed by atoms with Gasteiger partial charge in [-0.3, -0.25) is 4.79 Å².